The van der Waals surface area contributed by atoms with Crippen LogP contribution in [0.5, 0.6) is 0 Å². The molecule has 1 aromatic rings. The number of anilines is 1. The number of hydrogen-bond acceptors (Lipinski definition) is 3. The molecule has 2 heterocycles. The van der Waals surface area contributed by atoms with E-state index >= 15 is 0 Å². The van der Waals surface area contributed by atoms with Crippen LogP contribution in [-0.2, 0) is 11.2 Å². The molecule has 3 rings (SSSR count). The summed E-state index contributed by atoms with van der Waals surface area (Å²) in [4.78, 5) is 0. The van der Waals surface area contributed by atoms with E-state index in [-0.39, 0.29) is 11.6 Å². The summed E-state index contributed by atoms with van der Waals surface area (Å²) in [7, 11) is 0. The van der Waals surface area contributed by atoms with Gasteiger partial charge in [-0.2, -0.15) is 0 Å². The zero-order valence-electron chi connectivity index (χ0n) is 12.9. The first kappa shape index (κ1) is 13.9. The van der Waals surface area contributed by atoms with Crippen LogP contribution in [0, 0.1) is 0 Å². The highest BCUT2D eigenvalue weighted by Gasteiger charge is 2.60. The van der Waals surface area contributed by atoms with Crippen LogP contribution >= 0.6 is 0 Å². The van der Waals surface area contributed by atoms with Gasteiger partial charge in [-0.3, -0.25) is 0 Å². The normalized spacial score (nSPS) is 34.4. The van der Waals surface area contributed by atoms with Crippen molar-refractivity contribution >= 4 is 5.69 Å². The molecule has 1 fully saturated rings. The number of benzene rings is 1. The van der Waals surface area contributed by atoms with Crippen LogP contribution in [0.25, 0.3) is 0 Å². The van der Waals surface area contributed by atoms with Crippen molar-refractivity contribution < 1.29 is 9.84 Å². The van der Waals surface area contributed by atoms with Gasteiger partial charge in [-0.05, 0) is 52.2 Å². The Morgan fingerprint density at radius 1 is 1.20 bits per heavy atom. The Morgan fingerprint density at radius 3 is 2.55 bits per heavy atom. The van der Waals surface area contributed by atoms with Crippen molar-refractivity contribution in [3.8, 4) is 0 Å². The Bertz CT molecular complexity index is 523. The third-order valence-electron chi connectivity index (χ3n) is 4.90. The van der Waals surface area contributed by atoms with Crippen LogP contribution in [0.4, 0.5) is 5.69 Å². The maximum Gasteiger partial charge on any atom is 0.116 e. The van der Waals surface area contributed by atoms with E-state index in [2.05, 4.69) is 37.4 Å². The number of hydrogen-bond donors (Lipinski definition) is 2. The summed E-state index contributed by atoms with van der Waals surface area (Å²) >= 11 is 0. The van der Waals surface area contributed by atoms with E-state index in [0.29, 0.717) is 6.42 Å². The maximum absolute atomic E-state index is 11.3. The molecule has 2 aliphatic heterocycles. The Balaban J connectivity index is 1.91. The summed E-state index contributed by atoms with van der Waals surface area (Å²) in [6.07, 6.45) is 2.61. The van der Waals surface area contributed by atoms with Gasteiger partial charge in [0.1, 0.15) is 5.60 Å². The highest BCUT2D eigenvalue weighted by Crippen LogP contribution is 2.49. The molecular weight excluding hydrogens is 250 g/mol. The molecule has 110 valence electrons. The van der Waals surface area contributed by atoms with Gasteiger partial charge >= 0.3 is 0 Å². The average Bonchev–Trinajstić information content (AvgIpc) is 2.53. The quantitative estimate of drug-likeness (QED) is 0.827. The van der Waals surface area contributed by atoms with Crippen molar-refractivity contribution in [3.63, 3.8) is 0 Å². The lowest BCUT2D eigenvalue weighted by Crippen LogP contribution is -2.58. The number of nitrogens with one attached hydrogen (secondary N) is 1. The number of aliphatic hydroxyl groups is 1. The van der Waals surface area contributed by atoms with E-state index in [1.54, 1.807) is 0 Å². The number of fused-ring (bicyclic) bond motifs is 1. The molecule has 2 N–H and O–H groups in total. The summed E-state index contributed by atoms with van der Waals surface area (Å²) in [5.74, 6) is 0. The van der Waals surface area contributed by atoms with Gasteiger partial charge in [0.2, 0.25) is 0 Å². The van der Waals surface area contributed by atoms with Crippen LogP contribution in [-0.4, -0.2) is 28.0 Å². The minimum absolute atomic E-state index is 0.0363. The van der Waals surface area contributed by atoms with Gasteiger partial charge in [-0.15, -0.1) is 0 Å². The first-order chi connectivity index (χ1) is 9.24. The van der Waals surface area contributed by atoms with E-state index in [4.69, 9.17) is 4.74 Å². The first-order valence-electron chi connectivity index (χ1n) is 7.51. The third-order valence-corrected chi connectivity index (χ3v) is 4.90. The van der Waals surface area contributed by atoms with E-state index < -0.39 is 11.2 Å². The largest absolute Gasteiger partial charge is 0.385 e. The summed E-state index contributed by atoms with van der Waals surface area (Å²) < 4.78 is 6.10. The molecule has 0 radical (unpaired) electrons. The van der Waals surface area contributed by atoms with Gasteiger partial charge in [-0.25, -0.2) is 0 Å². The summed E-state index contributed by atoms with van der Waals surface area (Å²) in [6, 6.07) is 8.40. The fourth-order valence-electron chi connectivity index (χ4n) is 4.02. The number of para-hydroxylation sites is 1. The molecule has 0 amide bonds. The predicted molar refractivity (Wildman–Crippen MR) is 81.0 cm³/mol. The van der Waals surface area contributed by atoms with Crippen LogP contribution in [0.15, 0.2) is 24.3 Å². The highest BCUT2D eigenvalue weighted by atomic mass is 16.5. The van der Waals surface area contributed by atoms with E-state index in [1.165, 1.54) is 5.56 Å². The lowest BCUT2D eigenvalue weighted by Gasteiger charge is -2.44. The van der Waals surface area contributed by atoms with Crippen molar-refractivity contribution in [3.05, 3.63) is 29.8 Å². The molecule has 2 atom stereocenters. The minimum Gasteiger partial charge on any atom is -0.385 e. The number of rotatable bonds is 1. The van der Waals surface area contributed by atoms with Crippen molar-refractivity contribution in [1.29, 1.82) is 0 Å². The van der Waals surface area contributed by atoms with Crippen LogP contribution in [0.3, 0.4) is 0 Å². The third kappa shape index (κ3) is 2.04. The monoisotopic (exact) mass is 275 g/mol. The molecule has 2 unspecified atom stereocenters. The predicted octanol–water partition coefficient (Wildman–Crippen LogP) is 3.12. The Hall–Kier alpha value is -1.06. The molecule has 0 aliphatic carbocycles. The van der Waals surface area contributed by atoms with Gasteiger partial charge < -0.3 is 15.2 Å². The van der Waals surface area contributed by atoms with Gasteiger partial charge in [0, 0.05) is 12.1 Å². The molecule has 0 spiro atoms. The summed E-state index contributed by atoms with van der Waals surface area (Å²) in [6.45, 7) is 8.13. The molecule has 20 heavy (non-hydrogen) atoms. The van der Waals surface area contributed by atoms with Crippen LogP contribution < -0.4 is 5.32 Å². The number of ether oxygens (including phenoxy) is 1. The first-order valence-corrected chi connectivity index (χ1v) is 7.51. The zero-order valence-corrected chi connectivity index (χ0v) is 12.9. The molecule has 3 heteroatoms. The van der Waals surface area contributed by atoms with Crippen LogP contribution in [0.1, 0.15) is 46.1 Å². The molecule has 3 nitrogen and oxygen atoms in total. The van der Waals surface area contributed by atoms with E-state index in [1.807, 2.05) is 19.9 Å². The smallest absolute Gasteiger partial charge is 0.116 e. The molecule has 0 saturated carbocycles. The van der Waals surface area contributed by atoms with Crippen molar-refractivity contribution in [2.24, 2.45) is 0 Å². The topological polar surface area (TPSA) is 41.5 Å². The molecule has 1 saturated heterocycles. The lowest BCUT2D eigenvalue weighted by molar-refractivity contribution is -0.132. The lowest BCUT2D eigenvalue weighted by atomic mass is 9.74. The Morgan fingerprint density at radius 2 is 1.90 bits per heavy atom. The van der Waals surface area contributed by atoms with Gasteiger partial charge in [-0.1, -0.05) is 18.2 Å². The average molecular weight is 275 g/mol. The molecule has 1 aromatic carbocycles. The SMILES string of the molecule is CC1(C)CC(O)(C2CCc3ccccc3N2)C(C)(C)O1. The second kappa shape index (κ2) is 4.22. The van der Waals surface area contributed by atoms with Crippen molar-refractivity contribution in [1.82, 2.24) is 0 Å². The van der Waals surface area contributed by atoms with Crippen LogP contribution in [0.2, 0.25) is 0 Å². The van der Waals surface area contributed by atoms with Crippen molar-refractivity contribution in [2.45, 2.75) is 69.8 Å². The molecule has 0 aromatic heterocycles. The van der Waals surface area contributed by atoms with Crippen molar-refractivity contribution in [2.75, 3.05) is 5.32 Å². The van der Waals surface area contributed by atoms with E-state index in [9.17, 15) is 5.11 Å². The maximum atomic E-state index is 11.3. The van der Waals surface area contributed by atoms with Gasteiger partial charge in [0.25, 0.3) is 0 Å². The highest BCUT2D eigenvalue weighted by molar-refractivity contribution is 5.54. The second-order valence-corrected chi connectivity index (χ2v) is 7.37. The van der Waals surface area contributed by atoms with Gasteiger partial charge in [0.15, 0.2) is 0 Å². The summed E-state index contributed by atoms with van der Waals surface area (Å²) in [5, 5.41) is 14.9. The van der Waals surface area contributed by atoms with Gasteiger partial charge in [0.05, 0.1) is 17.2 Å². The van der Waals surface area contributed by atoms with E-state index in [0.717, 1.165) is 18.5 Å². The Labute approximate surface area is 121 Å². The molecule has 2 aliphatic rings. The fourth-order valence-corrected chi connectivity index (χ4v) is 4.02. The number of aryl methyl sites for hydroxylation is 1. The second-order valence-electron chi connectivity index (χ2n) is 7.37. The summed E-state index contributed by atoms with van der Waals surface area (Å²) in [5.41, 5.74) is 0.822. The zero-order chi connectivity index (χ0) is 14.6. The Kier molecular flexibility index (Phi) is 2.93. The standard InChI is InChI=1S/C17H25NO2/c1-15(2)11-17(19,16(3,4)20-15)14-10-9-12-7-5-6-8-13(12)18-14/h5-8,14,18-19H,9-11H2,1-4H3. The minimum atomic E-state index is -0.843. The molecular formula is C17H25NO2. The fraction of sp³-hybridized carbons (Fsp3) is 0.647. The molecule has 0 bridgehead atoms.